The molecule has 1 aromatic heterocycles. The highest BCUT2D eigenvalue weighted by Gasteiger charge is 2.19. The van der Waals surface area contributed by atoms with E-state index in [1.165, 1.54) is 0 Å². The quantitative estimate of drug-likeness (QED) is 0.919. The van der Waals surface area contributed by atoms with Gasteiger partial charge in [-0.05, 0) is 17.7 Å². The van der Waals surface area contributed by atoms with Crippen LogP contribution in [0.4, 0.5) is 0 Å². The van der Waals surface area contributed by atoms with Gasteiger partial charge in [-0.2, -0.15) is 0 Å². The van der Waals surface area contributed by atoms with Crippen molar-refractivity contribution in [2.45, 2.75) is 25.9 Å². The van der Waals surface area contributed by atoms with Crippen LogP contribution >= 0.6 is 0 Å². The van der Waals surface area contributed by atoms with Gasteiger partial charge in [0.05, 0.1) is 26.1 Å². The van der Waals surface area contributed by atoms with E-state index in [1.54, 1.807) is 32.5 Å². The van der Waals surface area contributed by atoms with Gasteiger partial charge in [0.25, 0.3) is 0 Å². The van der Waals surface area contributed by atoms with Crippen molar-refractivity contribution >= 4 is 0 Å². The molecular formula is C16H22N2O3. The second-order valence-electron chi connectivity index (χ2n) is 5.27. The highest BCUT2D eigenvalue weighted by molar-refractivity contribution is 5.44. The standard InChI is InChI=1S/C16H22N2O3/c1-10(2)16-17-9-12(18(16)3)15(19)11-6-7-13(20-4)14(8-11)21-5/h6-10,15,19H,1-5H3/t15-/m1/s1. The van der Waals surface area contributed by atoms with E-state index in [0.29, 0.717) is 17.4 Å². The Balaban J connectivity index is 2.38. The van der Waals surface area contributed by atoms with Gasteiger partial charge in [0.1, 0.15) is 11.9 Å². The second-order valence-corrected chi connectivity index (χ2v) is 5.27. The van der Waals surface area contributed by atoms with Crippen molar-refractivity contribution in [2.24, 2.45) is 7.05 Å². The molecule has 2 aromatic rings. The molecule has 0 saturated carbocycles. The second kappa shape index (κ2) is 6.18. The fourth-order valence-electron chi connectivity index (χ4n) is 2.42. The molecule has 1 atom stereocenters. The first-order chi connectivity index (χ1) is 9.99. The molecule has 21 heavy (non-hydrogen) atoms. The SMILES string of the molecule is COc1ccc([C@@H](O)c2cnc(C(C)C)n2C)cc1OC. The Hall–Kier alpha value is -2.01. The van der Waals surface area contributed by atoms with Crippen molar-refractivity contribution < 1.29 is 14.6 Å². The summed E-state index contributed by atoms with van der Waals surface area (Å²) in [5.41, 5.74) is 1.50. The van der Waals surface area contributed by atoms with Gasteiger partial charge in [-0.15, -0.1) is 0 Å². The third-order valence-electron chi connectivity index (χ3n) is 3.58. The van der Waals surface area contributed by atoms with Gasteiger partial charge in [0.2, 0.25) is 0 Å². The molecule has 0 fully saturated rings. The minimum absolute atomic E-state index is 0.307. The van der Waals surface area contributed by atoms with Crippen LogP contribution in [-0.2, 0) is 7.05 Å². The van der Waals surface area contributed by atoms with E-state index in [2.05, 4.69) is 18.8 Å². The summed E-state index contributed by atoms with van der Waals surface area (Å²) in [6, 6.07) is 5.40. The molecule has 0 aliphatic heterocycles. The maximum absolute atomic E-state index is 10.6. The van der Waals surface area contributed by atoms with Gasteiger partial charge < -0.3 is 19.1 Å². The molecule has 5 heteroatoms. The number of aliphatic hydroxyl groups is 1. The Bertz CT molecular complexity index is 620. The smallest absolute Gasteiger partial charge is 0.161 e. The normalized spacial score (nSPS) is 12.5. The molecule has 0 amide bonds. The summed E-state index contributed by atoms with van der Waals surface area (Å²) in [4.78, 5) is 4.39. The van der Waals surface area contributed by atoms with Crippen LogP contribution in [0.3, 0.4) is 0 Å². The molecule has 1 heterocycles. The first-order valence-electron chi connectivity index (χ1n) is 6.91. The average Bonchev–Trinajstić information content (AvgIpc) is 2.87. The minimum Gasteiger partial charge on any atom is -0.493 e. The maximum Gasteiger partial charge on any atom is 0.161 e. The zero-order valence-electron chi connectivity index (χ0n) is 13.1. The van der Waals surface area contributed by atoms with E-state index in [0.717, 1.165) is 17.1 Å². The van der Waals surface area contributed by atoms with Crippen LogP contribution in [0.5, 0.6) is 11.5 Å². The number of nitrogens with zero attached hydrogens (tertiary/aromatic N) is 2. The Morgan fingerprint density at radius 1 is 1.14 bits per heavy atom. The molecule has 5 nitrogen and oxygen atoms in total. The van der Waals surface area contributed by atoms with Crippen LogP contribution in [0.25, 0.3) is 0 Å². The summed E-state index contributed by atoms with van der Waals surface area (Å²) < 4.78 is 12.4. The lowest BCUT2D eigenvalue weighted by molar-refractivity contribution is 0.210. The van der Waals surface area contributed by atoms with Crippen molar-refractivity contribution in [2.75, 3.05) is 14.2 Å². The van der Waals surface area contributed by atoms with Gasteiger partial charge in [0.15, 0.2) is 11.5 Å². The van der Waals surface area contributed by atoms with Crippen molar-refractivity contribution in [3.63, 3.8) is 0 Å². The summed E-state index contributed by atoms with van der Waals surface area (Å²) in [6.07, 6.45) is 0.964. The van der Waals surface area contributed by atoms with Crippen LogP contribution < -0.4 is 9.47 Å². The molecule has 1 aromatic carbocycles. The van der Waals surface area contributed by atoms with Gasteiger partial charge in [-0.1, -0.05) is 19.9 Å². The van der Waals surface area contributed by atoms with E-state index >= 15 is 0 Å². The van der Waals surface area contributed by atoms with Crippen molar-refractivity contribution in [1.82, 2.24) is 9.55 Å². The first kappa shape index (κ1) is 15.4. The third kappa shape index (κ3) is 2.88. The predicted molar refractivity (Wildman–Crippen MR) is 80.9 cm³/mol. The summed E-state index contributed by atoms with van der Waals surface area (Å²) in [5, 5.41) is 10.6. The lowest BCUT2D eigenvalue weighted by Gasteiger charge is -2.16. The molecule has 1 N–H and O–H groups in total. The average molecular weight is 290 g/mol. The largest absolute Gasteiger partial charge is 0.493 e. The Morgan fingerprint density at radius 3 is 2.33 bits per heavy atom. The summed E-state index contributed by atoms with van der Waals surface area (Å²) >= 11 is 0. The molecular weight excluding hydrogens is 268 g/mol. The topological polar surface area (TPSA) is 56.5 Å². The highest BCUT2D eigenvalue weighted by atomic mass is 16.5. The lowest BCUT2D eigenvalue weighted by atomic mass is 10.1. The fraction of sp³-hybridized carbons (Fsp3) is 0.438. The Kier molecular flexibility index (Phi) is 4.53. The first-order valence-corrected chi connectivity index (χ1v) is 6.91. The molecule has 0 spiro atoms. The number of aliphatic hydroxyl groups excluding tert-OH is 1. The van der Waals surface area contributed by atoms with E-state index in [9.17, 15) is 5.11 Å². The molecule has 114 valence electrons. The number of ether oxygens (including phenoxy) is 2. The van der Waals surface area contributed by atoms with Crippen molar-refractivity contribution in [3.8, 4) is 11.5 Å². The van der Waals surface area contributed by atoms with Gasteiger partial charge in [-0.25, -0.2) is 4.98 Å². The number of methoxy groups -OCH3 is 2. The third-order valence-corrected chi connectivity index (χ3v) is 3.58. The summed E-state index contributed by atoms with van der Waals surface area (Å²) in [5.74, 6) is 2.49. The molecule has 0 saturated heterocycles. The van der Waals surface area contributed by atoms with Gasteiger partial charge in [-0.3, -0.25) is 0 Å². The van der Waals surface area contributed by atoms with Gasteiger partial charge >= 0.3 is 0 Å². The number of aromatic nitrogens is 2. The molecule has 2 rings (SSSR count). The molecule has 0 aliphatic rings. The maximum atomic E-state index is 10.6. The molecule has 0 aliphatic carbocycles. The number of benzene rings is 1. The minimum atomic E-state index is -0.755. The van der Waals surface area contributed by atoms with E-state index in [4.69, 9.17) is 9.47 Å². The van der Waals surface area contributed by atoms with Crippen molar-refractivity contribution in [1.29, 1.82) is 0 Å². The Labute approximate surface area is 125 Å². The lowest BCUT2D eigenvalue weighted by Crippen LogP contribution is -2.09. The zero-order valence-corrected chi connectivity index (χ0v) is 13.1. The molecule has 0 bridgehead atoms. The Morgan fingerprint density at radius 2 is 1.81 bits per heavy atom. The summed E-state index contributed by atoms with van der Waals surface area (Å²) in [7, 11) is 5.08. The summed E-state index contributed by atoms with van der Waals surface area (Å²) in [6.45, 7) is 4.16. The van der Waals surface area contributed by atoms with E-state index in [-0.39, 0.29) is 0 Å². The van der Waals surface area contributed by atoms with Crippen molar-refractivity contribution in [3.05, 3.63) is 41.5 Å². The number of hydrogen-bond acceptors (Lipinski definition) is 4. The number of rotatable bonds is 5. The number of imidazole rings is 1. The zero-order chi connectivity index (χ0) is 15.6. The van der Waals surface area contributed by atoms with Crippen LogP contribution in [-0.4, -0.2) is 28.9 Å². The highest BCUT2D eigenvalue weighted by Crippen LogP contribution is 2.32. The monoisotopic (exact) mass is 290 g/mol. The van der Waals surface area contributed by atoms with Gasteiger partial charge in [0, 0.05) is 13.0 Å². The number of hydrogen-bond donors (Lipinski definition) is 1. The van der Waals surface area contributed by atoms with Crippen LogP contribution in [0.15, 0.2) is 24.4 Å². The van der Waals surface area contributed by atoms with Crippen LogP contribution in [0, 0.1) is 0 Å². The molecule has 0 unspecified atom stereocenters. The predicted octanol–water partition coefficient (Wildman–Crippen LogP) is 2.64. The van der Waals surface area contributed by atoms with E-state index < -0.39 is 6.10 Å². The van der Waals surface area contributed by atoms with Crippen LogP contribution in [0.2, 0.25) is 0 Å². The fourth-order valence-corrected chi connectivity index (χ4v) is 2.42. The van der Waals surface area contributed by atoms with Crippen LogP contribution in [0.1, 0.15) is 43.0 Å². The molecule has 0 radical (unpaired) electrons. The van der Waals surface area contributed by atoms with E-state index in [1.807, 2.05) is 17.7 Å².